The fraction of sp³-hybridized carbons (Fsp3) is 0.412. The third-order valence-corrected chi connectivity index (χ3v) is 3.53. The highest BCUT2D eigenvalue weighted by Crippen LogP contribution is 2.29. The number of carbonyl (C=O) groups excluding carboxylic acids is 1. The van der Waals surface area contributed by atoms with Crippen molar-refractivity contribution in [3.8, 4) is 0 Å². The molecule has 0 saturated carbocycles. The average molecular weight is 339 g/mol. The number of halogens is 3. The Morgan fingerprint density at radius 2 is 1.88 bits per heavy atom. The molecule has 0 atom stereocenters. The number of aromatic nitrogens is 2. The Kier molecular flexibility index (Phi) is 5.31. The molecule has 7 heteroatoms. The van der Waals surface area contributed by atoms with E-state index in [1.54, 1.807) is 13.1 Å². The highest BCUT2D eigenvalue weighted by Gasteiger charge is 2.30. The van der Waals surface area contributed by atoms with E-state index in [-0.39, 0.29) is 12.5 Å². The van der Waals surface area contributed by atoms with Crippen molar-refractivity contribution in [2.75, 3.05) is 7.05 Å². The molecular formula is C17H20F3N3O. The first kappa shape index (κ1) is 18.0. The zero-order valence-electron chi connectivity index (χ0n) is 13.8. The highest BCUT2D eigenvalue weighted by atomic mass is 19.4. The van der Waals surface area contributed by atoms with Gasteiger partial charge in [-0.2, -0.15) is 18.3 Å². The lowest BCUT2D eigenvalue weighted by Gasteiger charge is -2.16. The van der Waals surface area contributed by atoms with E-state index in [0.717, 1.165) is 24.2 Å². The number of rotatable bonds is 5. The SMILES string of the molecule is CC(C)Cc1cc(C(=O)N(C)Cc2ccc(C(F)(F)F)cc2)n[nH]1. The number of aromatic amines is 1. The normalized spacial score (nSPS) is 11.8. The van der Waals surface area contributed by atoms with Crippen LogP contribution in [0.2, 0.25) is 0 Å². The van der Waals surface area contributed by atoms with Crippen molar-refractivity contribution in [2.45, 2.75) is 33.0 Å². The van der Waals surface area contributed by atoms with Gasteiger partial charge in [0.1, 0.15) is 5.69 Å². The van der Waals surface area contributed by atoms with Gasteiger partial charge in [-0.3, -0.25) is 9.89 Å². The molecule has 0 radical (unpaired) electrons. The van der Waals surface area contributed by atoms with Crippen molar-refractivity contribution in [1.82, 2.24) is 15.1 Å². The Morgan fingerprint density at radius 3 is 2.42 bits per heavy atom. The molecule has 4 nitrogen and oxygen atoms in total. The fourth-order valence-corrected chi connectivity index (χ4v) is 2.36. The number of H-pyrrole nitrogens is 1. The molecular weight excluding hydrogens is 319 g/mol. The molecule has 2 aromatic rings. The van der Waals surface area contributed by atoms with Gasteiger partial charge in [0.25, 0.3) is 5.91 Å². The van der Waals surface area contributed by atoms with Gasteiger partial charge in [-0.1, -0.05) is 26.0 Å². The van der Waals surface area contributed by atoms with Gasteiger partial charge in [-0.25, -0.2) is 0 Å². The van der Waals surface area contributed by atoms with Crippen LogP contribution in [-0.2, 0) is 19.1 Å². The Morgan fingerprint density at radius 1 is 1.25 bits per heavy atom. The smallest absolute Gasteiger partial charge is 0.336 e. The molecule has 0 unspecified atom stereocenters. The van der Waals surface area contributed by atoms with Crippen LogP contribution in [-0.4, -0.2) is 28.1 Å². The van der Waals surface area contributed by atoms with Crippen LogP contribution < -0.4 is 0 Å². The van der Waals surface area contributed by atoms with Crippen molar-refractivity contribution < 1.29 is 18.0 Å². The number of hydrogen-bond acceptors (Lipinski definition) is 2. The minimum Gasteiger partial charge on any atom is -0.336 e. The lowest BCUT2D eigenvalue weighted by molar-refractivity contribution is -0.137. The summed E-state index contributed by atoms with van der Waals surface area (Å²) in [5, 5.41) is 6.85. The molecule has 130 valence electrons. The van der Waals surface area contributed by atoms with Gasteiger partial charge in [0, 0.05) is 19.3 Å². The second kappa shape index (κ2) is 7.07. The van der Waals surface area contributed by atoms with E-state index in [1.807, 2.05) is 0 Å². The maximum atomic E-state index is 12.5. The molecule has 0 saturated heterocycles. The number of alkyl halides is 3. The largest absolute Gasteiger partial charge is 0.416 e. The first-order valence-corrected chi connectivity index (χ1v) is 7.62. The number of hydrogen-bond donors (Lipinski definition) is 1. The first-order chi connectivity index (χ1) is 11.2. The summed E-state index contributed by atoms with van der Waals surface area (Å²) in [5.41, 5.74) is 1.11. The molecule has 0 aliphatic heterocycles. The molecule has 24 heavy (non-hydrogen) atoms. The lowest BCUT2D eigenvalue weighted by Crippen LogP contribution is -2.26. The predicted octanol–water partition coefficient (Wildman–Crippen LogP) is 3.90. The van der Waals surface area contributed by atoms with Gasteiger partial charge >= 0.3 is 6.18 Å². The summed E-state index contributed by atoms with van der Waals surface area (Å²) in [5.74, 6) is 0.166. The number of carbonyl (C=O) groups is 1. The molecule has 0 aliphatic rings. The Hall–Kier alpha value is -2.31. The van der Waals surface area contributed by atoms with E-state index in [4.69, 9.17) is 0 Å². The van der Waals surface area contributed by atoms with Crippen LogP contribution in [0.5, 0.6) is 0 Å². The number of amides is 1. The summed E-state index contributed by atoms with van der Waals surface area (Å²) in [6.45, 7) is 4.35. The van der Waals surface area contributed by atoms with Crippen LogP contribution in [0.25, 0.3) is 0 Å². The summed E-state index contributed by atoms with van der Waals surface area (Å²) in [6, 6.07) is 6.50. The zero-order chi connectivity index (χ0) is 17.9. The standard InChI is InChI=1S/C17H20F3N3O/c1-11(2)8-14-9-15(22-21-14)16(24)23(3)10-12-4-6-13(7-5-12)17(18,19)20/h4-7,9,11H,8,10H2,1-3H3,(H,21,22). The number of benzene rings is 1. The molecule has 1 aromatic heterocycles. The van der Waals surface area contributed by atoms with Crippen molar-refractivity contribution in [1.29, 1.82) is 0 Å². The Balaban J connectivity index is 2.02. The maximum Gasteiger partial charge on any atom is 0.416 e. The van der Waals surface area contributed by atoms with Gasteiger partial charge in [0.05, 0.1) is 5.56 Å². The van der Waals surface area contributed by atoms with E-state index >= 15 is 0 Å². The maximum absolute atomic E-state index is 12.5. The van der Waals surface area contributed by atoms with Crippen molar-refractivity contribution in [2.24, 2.45) is 5.92 Å². The summed E-state index contributed by atoms with van der Waals surface area (Å²) in [6.07, 6.45) is -3.56. The van der Waals surface area contributed by atoms with Crippen LogP contribution in [0.15, 0.2) is 30.3 Å². The van der Waals surface area contributed by atoms with Crippen molar-refractivity contribution in [3.05, 3.63) is 52.8 Å². The molecule has 1 N–H and O–H groups in total. The first-order valence-electron chi connectivity index (χ1n) is 7.62. The lowest BCUT2D eigenvalue weighted by atomic mass is 10.1. The highest BCUT2D eigenvalue weighted by molar-refractivity contribution is 5.92. The Bertz CT molecular complexity index is 690. The zero-order valence-corrected chi connectivity index (χ0v) is 13.8. The minimum absolute atomic E-state index is 0.212. The molecule has 0 bridgehead atoms. The van der Waals surface area contributed by atoms with Crippen LogP contribution in [0.1, 0.15) is 41.2 Å². The molecule has 1 heterocycles. The molecule has 0 fully saturated rings. The van der Waals surface area contributed by atoms with E-state index in [0.29, 0.717) is 17.2 Å². The van der Waals surface area contributed by atoms with E-state index < -0.39 is 11.7 Å². The van der Waals surface area contributed by atoms with Crippen LogP contribution >= 0.6 is 0 Å². The van der Waals surface area contributed by atoms with Gasteiger partial charge in [0.15, 0.2) is 0 Å². The molecule has 0 spiro atoms. The summed E-state index contributed by atoms with van der Waals surface area (Å²) in [4.78, 5) is 13.8. The summed E-state index contributed by atoms with van der Waals surface area (Å²) >= 11 is 0. The minimum atomic E-state index is -4.36. The van der Waals surface area contributed by atoms with E-state index in [1.165, 1.54) is 17.0 Å². The fourth-order valence-electron chi connectivity index (χ4n) is 2.36. The molecule has 1 amide bonds. The van der Waals surface area contributed by atoms with Gasteiger partial charge in [-0.05, 0) is 36.1 Å². The third kappa shape index (κ3) is 4.59. The van der Waals surface area contributed by atoms with Crippen LogP contribution in [0.4, 0.5) is 13.2 Å². The molecule has 1 aromatic carbocycles. The number of nitrogens with zero attached hydrogens (tertiary/aromatic N) is 2. The van der Waals surface area contributed by atoms with Gasteiger partial charge in [-0.15, -0.1) is 0 Å². The Labute approximate surface area is 138 Å². The van der Waals surface area contributed by atoms with Crippen molar-refractivity contribution >= 4 is 5.91 Å². The second-order valence-corrected chi connectivity index (χ2v) is 6.23. The molecule has 2 rings (SSSR count). The molecule has 0 aliphatic carbocycles. The van der Waals surface area contributed by atoms with E-state index in [9.17, 15) is 18.0 Å². The van der Waals surface area contributed by atoms with Gasteiger partial charge < -0.3 is 4.90 Å². The van der Waals surface area contributed by atoms with E-state index in [2.05, 4.69) is 24.0 Å². The predicted molar refractivity (Wildman–Crippen MR) is 84.4 cm³/mol. The topological polar surface area (TPSA) is 49.0 Å². The van der Waals surface area contributed by atoms with Crippen LogP contribution in [0.3, 0.4) is 0 Å². The van der Waals surface area contributed by atoms with Gasteiger partial charge in [0.2, 0.25) is 0 Å². The third-order valence-electron chi connectivity index (χ3n) is 3.53. The number of nitrogens with one attached hydrogen (secondary N) is 1. The van der Waals surface area contributed by atoms with Crippen molar-refractivity contribution in [3.63, 3.8) is 0 Å². The summed E-state index contributed by atoms with van der Waals surface area (Å²) in [7, 11) is 1.59. The quantitative estimate of drug-likeness (QED) is 0.898. The second-order valence-electron chi connectivity index (χ2n) is 6.23. The van der Waals surface area contributed by atoms with Crippen LogP contribution in [0, 0.1) is 5.92 Å². The average Bonchev–Trinajstić information content (AvgIpc) is 2.93. The monoisotopic (exact) mass is 339 g/mol. The summed E-state index contributed by atoms with van der Waals surface area (Å²) < 4.78 is 37.6.